The van der Waals surface area contributed by atoms with Crippen LogP contribution in [-0.2, 0) is 4.74 Å². The molecular formula is C6H15BNO. The van der Waals surface area contributed by atoms with E-state index in [0.29, 0.717) is 0 Å². The molecule has 3 heteroatoms. The lowest BCUT2D eigenvalue weighted by Crippen LogP contribution is -2.20. The predicted octanol–water partition coefficient (Wildman–Crippen LogP) is 0.670. The molecule has 0 aliphatic carbocycles. The summed E-state index contributed by atoms with van der Waals surface area (Å²) in [5, 5.41) is 3.16. The van der Waals surface area contributed by atoms with E-state index in [1.165, 1.54) is 0 Å². The summed E-state index contributed by atoms with van der Waals surface area (Å²) in [5.74, 6) is 0. The molecule has 0 heterocycles. The third-order valence-corrected chi connectivity index (χ3v) is 1.02. The van der Waals surface area contributed by atoms with Gasteiger partial charge in [0.1, 0.15) is 0 Å². The summed E-state index contributed by atoms with van der Waals surface area (Å²) in [5.41, 5.74) is 0. The van der Waals surface area contributed by atoms with Gasteiger partial charge in [-0.3, -0.25) is 0 Å². The maximum Gasteiger partial charge on any atom is 0.204 e. The lowest BCUT2D eigenvalue weighted by molar-refractivity contribution is 0.196. The van der Waals surface area contributed by atoms with Gasteiger partial charge in [0.05, 0.1) is 0 Å². The van der Waals surface area contributed by atoms with Crippen LogP contribution in [0.3, 0.4) is 0 Å². The summed E-state index contributed by atoms with van der Waals surface area (Å²) in [6, 6.07) is 0. The van der Waals surface area contributed by atoms with E-state index in [4.69, 9.17) is 4.74 Å². The van der Waals surface area contributed by atoms with Gasteiger partial charge in [0.2, 0.25) is 7.41 Å². The second-order valence-corrected chi connectivity index (χ2v) is 1.91. The van der Waals surface area contributed by atoms with Crippen LogP contribution < -0.4 is 5.23 Å². The Balaban J connectivity index is 2.60. The van der Waals surface area contributed by atoms with Gasteiger partial charge < -0.3 is 9.96 Å². The molecule has 0 rings (SSSR count). The van der Waals surface area contributed by atoms with Crippen molar-refractivity contribution in [3.63, 3.8) is 0 Å². The average molecular weight is 128 g/mol. The van der Waals surface area contributed by atoms with Crippen molar-refractivity contribution in [2.75, 3.05) is 20.3 Å². The maximum atomic E-state index is 4.87. The van der Waals surface area contributed by atoms with Crippen molar-refractivity contribution in [3.05, 3.63) is 0 Å². The third kappa shape index (κ3) is 7.98. The Morgan fingerprint density at radius 2 is 2.33 bits per heavy atom. The third-order valence-electron chi connectivity index (χ3n) is 1.02. The molecule has 0 saturated carbocycles. The van der Waals surface area contributed by atoms with Crippen LogP contribution in [0.1, 0.15) is 13.3 Å². The Labute approximate surface area is 58.2 Å². The molecule has 53 valence electrons. The molecule has 0 saturated heterocycles. The van der Waals surface area contributed by atoms with Gasteiger partial charge in [0.15, 0.2) is 0 Å². The van der Waals surface area contributed by atoms with Gasteiger partial charge in [-0.15, -0.1) is 0 Å². The van der Waals surface area contributed by atoms with Crippen molar-refractivity contribution in [2.24, 2.45) is 0 Å². The topological polar surface area (TPSA) is 21.3 Å². The molecule has 0 aromatic heterocycles. The minimum absolute atomic E-state index is 0.852. The fraction of sp³-hybridized carbons (Fsp3) is 1.00. The van der Waals surface area contributed by atoms with Crippen molar-refractivity contribution in [1.82, 2.24) is 5.23 Å². The zero-order valence-electron chi connectivity index (χ0n) is 6.31. The molecule has 0 atom stereocenters. The first kappa shape index (κ1) is 8.98. The molecule has 0 bridgehead atoms. The minimum atomic E-state index is 0.852. The molecule has 0 aliphatic heterocycles. The number of rotatable bonds is 6. The van der Waals surface area contributed by atoms with Crippen LogP contribution in [-0.4, -0.2) is 27.7 Å². The van der Waals surface area contributed by atoms with E-state index in [2.05, 4.69) is 19.6 Å². The molecule has 0 unspecified atom stereocenters. The van der Waals surface area contributed by atoms with E-state index in [1.807, 2.05) is 0 Å². The Hall–Kier alpha value is -0.0151. The summed E-state index contributed by atoms with van der Waals surface area (Å²) < 4.78 is 4.87. The number of methoxy groups -OCH3 is 1. The molecule has 2 nitrogen and oxygen atoms in total. The standard InChI is InChI=1S/C6H15BNO/c1-3-7-8-5-4-6-9-2/h8H,3-6H2,1-2H3. The van der Waals surface area contributed by atoms with Crippen molar-refractivity contribution in [1.29, 1.82) is 0 Å². The molecule has 0 aromatic carbocycles. The second kappa shape index (κ2) is 7.98. The van der Waals surface area contributed by atoms with Crippen LogP contribution in [0, 0.1) is 0 Å². The highest BCUT2D eigenvalue weighted by Crippen LogP contribution is 1.76. The van der Waals surface area contributed by atoms with Crippen LogP contribution in [0.2, 0.25) is 6.32 Å². The Kier molecular flexibility index (Phi) is 7.97. The van der Waals surface area contributed by atoms with Crippen LogP contribution in [0.15, 0.2) is 0 Å². The smallest absolute Gasteiger partial charge is 0.204 e. The SMILES string of the molecule is CC[B]NCCCOC. The first-order valence-electron chi connectivity index (χ1n) is 3.45. The average Bonchev–Trinajstić information content (AvgIpc) is 1.89. The zero-order chi connectivity index (χ0) is 6.95. The van der Waals surface area contributed by atoms with Gasteiger partial charge in [-0.1, -0.05) is 13.2 Å². The van der Waals surface area contributed by atoms with Crippen molar-refractivity contribution >= 4 is 7.41 Å². The van der Waals surface area contributed by atoms with Gasteiger partial charge in [-0.25, -0.2) is 0 Å². The van der Waals surface area contributed by atoms with E-state index in [9.17, 15) is 0 Å². The number of nitrogens with one attached hydrogen (secondary N) is 1. The predicted molar refractivity (Wildman–Crippen MR) is 40.7 cm³/mol. The molecular weight excluding hydrogens is 113 g/mol. The van der Waals surface area contributed by atoms with Gasteiger partial charge in [0.25, 0.3) is 0 Å². The molecule has 0 fully saturated rings. The van der Waals surface area contributed by atoms with Crippen LogP contribution in [0.5, 0.6) is 0 Å². The largest absolute Gasteiger partial charge is 0.385 e. The lowest BCUT2D eigenvalue weighted by Gasteiger charge is -1.99. The van der Waals surface area contributed by atoms with Crippen LogP contribution in [0.4, 0.5) is 0 Å². The second-order valence-electron chi connectivity index (χ2n) is 1.91. The summed E-state index contributed by atoms with van der Waals surface area (Å²) >= 11 is 0. The molecule has 1 radical (unpaired) electrons. The van der Waals surface area contributed by atoms with Gasteiger partial charge in [-0.2, -0.15) is 0 Å². The monoisotopic (exact) mass is 128 g/mol. The van der Waals surface area contributed by atoms with E-state index in [0.717, 1.165) is 25.9 Å². The molecule has 1 N–H and O–H groups in total. The molecule has 0 aliphatic rings. The van der Waals surface area contributed by atoms with Crippen molar-refractivity contribution in [2.45, 2.75) is 19.7 Å². The summed E-state index contributed by atoms with van der Waals surface area (Å²) in [6.45, 7) is 4.00. The fourth-order valence-corrected chi connectivity index (χ4v) is 0.565. The highest BCUT2D eigenvalue weighted by atomic mass is 16.5. The van der Waals surface area contributed by atoms with Gasteiger partial charge >= 0.3 is 0 Å². The molecule has 0 spiro atoms. The Morgan fingerprint density at radius 1 is 1.56 bits per heavy atom. The molecule has 9 heavy (non-hydrogen) atoms. The van der Waals surface area contributed by atoms with Crippen LogP contribution in [0.25, 0.3) is 0 Å². The summed E-state index contributed by atoms with van der Waals surface area (Å²) in [4.78, 5) is 0. The number of hydrogen-bond donors (Lipinski definition) is 1. The number of hydrogen-bond acceptors (Lipinski definition) is 2. The fourth-order valence-electron chi connectivity index (χ4n) is 0.565. The number of ether oxygens (including phenoxy) is 1. The van der Waals surface area contributed by atoms with E-state index in [1.54, 1.807) is 7.11 Å². The molecule has 0 aromatic rings. The van der Waals surface area contributed by atoms with E-state index < -0.39 is 0 Å². The first-order valence-corrected chi connectivity index (χ1v) is 3.45. The normalized spacial score (nSPS) is 9.56. The van der Waals surface area contributed by atoms with E-state index >= 15 is 0 Å². The van der Waals surface area contributed by atoms with Gasteiger partial charge in [0, 0.05) is 13.7 Å². The zero-order valence-corrected chi connectivity index (χ0v) is 6.31. The summed E-state index contributed by atoms with van der Waals surface area (Å²) in [6.07, 6.45) is 2.18. The Bertz CT molecular complexity index is 46.3. The summed E-state index contributed by atoms with van der Waals surface area (Å²) in [7, 11) is 3.79. The first-order chi connectivity index (χ1) is 4.41. The quantitative estimate of drug-likeness (QED) is 0.419. The van der Waals surface area contributed by atoms with Crippen molar-refractivity contribution < 1.29 is 4.74 Å². The lowest BCUT2D eigenvalue weighted by atomic mass is 9.91. The van der Waals surface area contributed by atoms with Crippen LogP contribution >= 0.6 is 0 Å². The maximum absolute atomic E-state index is 4.87. The highest BCUT2D eigenvalue weighted by molar-refractivity contribution is 6.31. The van der Waals surface area contributed by atoms with Crippen molar-refractivity contribution in [3.8, 4) is 0 Å². The van der Waals surface area contributed by atoms with Gasteiger partial charge in [-0.05, 0) is 13.0 Å². The van der Waals surface area contributed by atoms with E-state index in [-0.39, 0.29) is 0 Å². The molecule has 0 amide bonds. The highest BCUT2D eigenvalue weighted by Gasteiger charge is 1.85. The minimum Gasteiger partial charge on any atom is -0.385 e. The Morgan fingerprint density at radius 3 is 2.89 bits per heavy atom.